The Morgan fingerprint density at radius 2 is 2.14 bits per heavy atom. The van der Waals surface area contributed by atoms with Gasteiger partial charge in [0.25, 0.3) is 0 Å². The first kappa shape index (κ1) is 20.5. The average Bonchev–Trinajstić information content (AvgIpc) is 3.31. The van der Waals surface area contributed by atoms with Gasteiger partial charge in [-0.05, 0) is 39.7 Å². The second kappa shape index (κ2) is 7.67. The molecule has 3 heterocycles. The molecule has 0 amide bonds. The van der Waals surface area contributed by atoms with Crippen molar-refractivity contribution in [2.45, 2.75) is 58.0 Å². The van der Waals surface area contributed by atoms with Crippen LogP contribution in [0.4, 0.5) is 0 Å². The molecule has 0 unspecified atom stereocenters. The van der Waals surface area contributed by atoms with Crippen molar-refractivity contribution >= 4 is 17.9 Å². The molecule has 0 aromatic heterocycles. The third-order valence-corrected chi connectivity index (χ3v) is 6.05. The van der Waals surface area contributed by atoms with Gasteiger partial charge in [0.05, 0.1) is 12.0 Å². The van der Waals surface area contributed by atoms with Crippen LogP contribution in [0.3, 0.4) is 0 Å². The van der Waals surface area contributed by atoms with E-state index < -0.39 is 29.6 Å². The average molecular weight is 393 g/mol. The standard InChI is InChI=1S/C20H27NO7/c1-5-11(2)17(22)28-15-7-9-21-8-6-14(16(15)21)10-26-19(24)20(25)12(3)18(23)27-13(20)4/h5-6,12-13,15-16,25H,7-10H2,1-4H3/b11-5+/t12-,13-,15+,16-,20-/m1/s1. The molecule has 28 heavy (non-hydrogen) atoms. The first-order valence-corrected chi connectivity index (χ1v) is 9.57. The molecule has 0 aliphatic carbocycles. The van der Waals surface area contributed by atoms with Gasteiger partial charge in [0, 0.05) is 18.7 Å². The molecule has 0 aromatic rings. The third-order valence-electron chi connectivity index (χ3n) is 6.05. The molecule has 0 spiro atoms. The van der Waals surface area contributed by atoms with Gasteiger partial charge in [-0.15, -0.1) is 0 Å². The summed E-state index contributed by atoms with van der Waals surface area (Å²) in [5.41, 5.74) is -0.624. The van der Waals surface area contributed by atoms with Crippen LogP contribution in [0.2, 0.25) is 0 Å². The van der Waals surface area contributed by atoms with Gasteiger partial charge in [-0.1, -0.05) is 12.2 Å². The maximum atomic E-state index is 12.5. The molecule has 0 saturated carbocycles. The van der Waals surface area contributed by atoms with Crippen LogP contribution in [0.5, 0.6) is 0 Å². The predicted octanol–water partition coefficient (Wildman–Crippen LogP) is 0.734. The smallest absolute Gasteiger partial charge is 0.343 e. The Kier molecular flexibility index (Phi) is 5.63. The summed E-state index contributed by atoms with van der Waals surface area (Å²) in [5, 5.41) is 10.7. The Bertz CT molecular complexity index is 743. The number of cyclic esters (lactones) is 1. The van der Waals surface area contributed by atoms with Gasteiger partial charge in [-0.3, -0.25) is 9.69 Å². The van der Waals surface area contributed by atoms with Gasteiger partial charge in [-0.2, -0.15) is 0 Å². The summed E-state index contributed by atoms with van der Waals surface area (Å²) >= 11 is 0. The van der Waals surface area contributed by atoms with Gasteiger partial charge < -0.3 is 19.3 Å². The number of carbonyl (C=O) groups is 3. The Hall–Kier alpha value is -2.19. The number of nitrogens with zero attached hydrogens (tertiary/aromatic N) is 1. The van der Waals surface area contributed by atoms with Crippen LogP contribution in [0, 0.1) is 5.92 Å². The highest BCUT2D eigenvalue weighted by Gasteiger charge is 2.59. The van der Waals surface area contributed by atoms with E-state index in [0.717, 1.165) is 12.1 Å². The van der Waals surface area contributed by atoms with Gasteiger partial charge >= 0.3 is 17.9 Å². The largest absolute Gasteiger partial charge is 0.459 e. The number of allylic oxidation sites excluding steroid dienone is 1. The predicted molar refractivity (Wildman–Crippen MR) is 98.0 cm³/mol. The molecule has 1 N–H and O–H groups in total. The molecule has 3 rings (SSSR count). The van der Waals surface area contributed by atoms with Crippen molar-refractivity contribution in [3.05, 3.63) is 23.3 Å². The van der Waals surface area contributed by atoms with E-state index in [-0.39, 0.29) is 24.7 Å². The molecule has 5 atom stereocenters. The molecule has 3 aliphatic heterocycles. The van der Waals surface area contributed by atoms with Crippen molar-refractivity contribution in [1.82, 2.24) is 4.90 Å². The summed E-state index contributed by atoms with van der Waals surface area (Å²) < 4.78 is 16.0. The molecule has 8 nitrogen and oxygen atoms in total. The lowest BCUT2D eigenvalue weighted by Gasteiger charge is -2.27. The van der Waals surface area contributed by atoms with E-state index in [1.165, 1.54) is 13.8 Å². The van der Waals surface area contributed by atoms with Crippen LogP contribution in [-0.4, -0.2) is 71.5 Å². The maximum absolute atomic E-state index is 12.5. The van der Waals surface area contributed by atoms with E-state index in [2.05, 4.69) is 4.90 Å². The van der Waals surface area contributed by atoms with Gasteiger partial charge in [0.2, 0.25) is 5.60 Å². The number of hydrogen-bond donors (Lipinski definition) is 1. The minimum atomic E-state index is -2.00. The van der Waals surface area contributed by atoms with Gasteiger partial charge in [0.15, 0.2) is 0 Å². The van der Waals surface area contributed by atoms with Crippen molar-refractivity contribution < 1.29 is 33.7 Å². The zero-order valence-electron chi connectivity index (χ0n) is 16.6. The fraction of sp³-hybridized carbons (Fsp3) is 0.650. The van der Waals surface area contributed by atoms with Crippen molar-refractivity contribution in [2.75, 3.05) is 19.7 Å². The summed E-state index contributed by atoms with van der Waals surface area (Å²) in [7, 11) is 0. The van der Waals surface area contributed by atoms with Crippen molar-refractivity contribution in [3.63, 3.8) is 0 Å². The zero-order valence-corrected chi connectivity index (χ0v) is 16.6. The summed E-state index contributed by atoms with van der Waals surface area (Å²) in [6.07, 6.45) is 3.08. The first-order valence-electron chi connectivity index (χ1n) is 9.57. The molecular weight excluding hydrogens is 366 g/mol. The normalized spacial score (nSPS) is 35.4. The second-order valence-corrected chi connectivity index (χ2v) is 7.63. The maximum Gasteiger partial charge on any atom is 0.343 e. The molecule has 154 valence electrons. The summed E-state index contributed by atoms with van der Waals surface area (Å²) in [6, 6.07) is -0.146. The van der Waals surface area contributed by atoms with Crippen molar-refractivity contribution in [2.24, 2.45) is 5.92 Å². The zero-order chi connectivity index (χ0) is 20.6. The quantitative estimate of drug-likeness (QED) is 0.316. The van der Waals surface area contributed by atoms with E-state index in [4.69, 9.17) is 14.2 Å². The van der Waals surface area contributed by atoms with E-state index in [9.17, 15) is 19.5 Å². The molecule has 2 fully saturated rings. The monoisotopic (exact) mass is 393 g/mol. The summed E-state index contributed by atoms with van der Waals surface area (Å²) in [6.45, 7) is 7.83. The summed E-state index contributed by atoms with van der Waals surface area (Å²) in [5.74, 6) is -2.85. The highest BCUT2D eigenvalue weighted by Crippen LogP contribution is 2.35. The third kappa shape index (κ3) is 3.35. The number of hydrogen-bond acceptors (Lipinski definition) is 8. The Morgan fingerprint density at radius 1 is 1.43 bits per heavy atom. The van der Waals surface area contributed by atoms with Crippen LogP contribution < -0.4 is 0 Å². The highest BCUT2D eigenvalue weighted by molar-refractivity contribution is 5.91. The lowest BCUT2D eigenvalue weighted by atomic mass is 9.87. The number of esters is 3. The number of aliphatic hydroxyl groups is 1. The van der Waals surface area contributed by atoms with Gasteiger partial charge in [-0.25, -0.2) is 9.59 Å². The van der Waals surface area contributed by atoms with Crippen LogP contribution in [0.25, 0.3) is 0 Å². The van der Waals surface area contributed by atoms with Crippen LogP contribution in [-0.2, 0) is 28.6 Å². The van der Waals surface area contributed by atoms with Gasteiger partial charge in [0.1, 0.15) is 18.8 Å². The highest BCUT2D eigenvalue weighted by atomic mass is 16.6. The number of rotatable bonds is 5. The van der Waals surface area contributed by atoms with Crippen LogP contribution in [0.1, 0.15) is 34.1 Å². The Balaban J connectivity index is 1.64. The molecular formula is C20H27NO7. The second-order valence-electron chi connectivity index (χ2n) is 7.63. The lowest BCUT2D eigenvalue weighted by molar-refractivity contribution is -0.173. The van der Waals surface area contributed by atoms with E-state index in [0.29, 0.717) is 18.5 Å². The lowest BCUT2D eigenvalue weighted by Crippen LogP contribution is -2.50. The fourth-order valence-corrected chi connectivity index (χ4v) is 3.98. The van der Waals surface area contributed by atoms with Crippen LogP contribution in [0.15, 0.2) is 23.3 Å². The Morgan fingerprint density at radius 3 is 2.75 bits per heavy atom. The topological polar surface area (TPSA) is 102 Å². The SMILES string of the molecule is C/C=C(\C)C(=O)O[C@H]1CCN2CC=C(COC(=O)[C@@]3(O)[C@H](C)C(=O)O[C@@H]3C)[C@H]12. The fourth-order valence-electron chi connectivity index (χ4n) is 3.98. The minimum Gasteiger partial charge on any atom is -0.459 e. The number of carbonyl (C=O) groups excluding carboxylic acids is 3. The molecule has 8 heteroatoms. The molecule has 3 aliphatic rings. The van der Waals surface area contributed by atoms with E-state index >= 15 is 0 Å². The number of ether oxygens (including phenoxy) is 3. The van der Waals surface area contributed by atoms with Crippen LogP contribution >= 0.6 is 0 Å². The molecule has 0 radical (unpaired) electrons. The van der Waals surface area contributed by atoms with E-state index in [1.54, 1.807) is 19.9 Å². The Labute approximate surface area is 164 Å². The van der Waals surface area contributed by atoms with Crippen molar-refractivity contribution in [3.8, 4) is 0 Å². The summed E-state index contributed by atoms with van der Waals surface area (Å²) in [4.78, 5) is 38.5. The first-order chi connectivity index (χ1) is 13.2. The minimum absolute atomic E-state index is 0.0351. The molecule has 2 saturated heterocycles. The molecule has 0 bridgehead atoms. The van der Waals surface area contributed by atoms with E-state index in [1.807, 2.05) is 6.08 Å². The number of fused-ring (bicyclic) bond motifs is 1. The molecule has 0 aromatic carbocycles. The van der Waals surface area contributed by atoms with Crippen molar-refractivity contribution in [1.29, 1.82) is 0 Å².